The molecule has 0 bridgehead atoms. The highest BCUT2D eigenvalue weighted by Gasteiger charge is 2.44. The van der Waals surface area contributed by atoms with E-state index >= 15 is 0 Å². The summed E-state index contributed by atoms with van der Waals surface area (Å²) >= 11 is 0. The SMILES string of the molecule is CC(C)(CCCC[P+](c1ccccc1)(c1ccccc1)c1ccccc1)C(=O)O.[Br-]. The van der Waals surface area contributed by atoms with Crippen molar-refractivity contribution in [2.75, 3.05) is 6.16 Å². The van der Waals surface area contributed by atoms with E-state index in [0.29, 0.717) is 6.42 Å². The summed E-state index contributed by atoms with van der Waals surface area (Å²) < 4.78 is 0. The lowest BCUT2D eigenvalue weighted by molar-refractivity contribution is -0.147. The number of hydrogen-bond donors (Lipinski definition) is 1. The first-order valence-corrected chi connectivity index (χ1v) is 12.2. The van der Waals surface area contributed by atoms with Crippen LogP contribution in [0.1, 0.15) is 33.1 Å². The first kappa shape index (κ1) is 24.3. The fourth-order valence-corrected chi connectivity index (χ4v) is 8.32. The van der Waals surface area contributed by atoms with Gasteiger partial charge >= 0.3 is 5.97 Å². The summed E-state index contributed by atoms with van der Waals surface area (Å²) in [7, 11) is -1.81. The van der Waals surface area contributed by atoms with Crippen LogP contribution in [0, 0.1) is 5.41 Å². The Morgan fingerprint density at radius 2 is 1.10 bits per heavy atom. The highest BCUT2D eigenvalue weighted by atomic mass is 79.9. The molecule has 0 atom stereocenters. The van der Waals surface area contributed by atoms with E-state index in [0.717, 1.165) is 19.0 Å². The minimum Gasteiger partial charge on any atom is -1.00 e. The second-order valence-corrected chi connectivity index (χ2v) is 11.8. The van der Waals surface area contributed by atoms with Crippen molar-refractivity contribution in [3.63, 3.8) is 0 Å². The normalized spacial score (nSPS) is 11.5. The minimum absolute atomic E-state index is 0. The zero-order valence-electron chi connectivity index (χ0n) is 17.7. The van der Waals surface area contributed by atoms with Crippen LogP contribution in [0.3, 0.4) is 0 Å². The molecule has 0 fully saturated rings. The van der Waals surface area contributed by atoms with Gasteiger partial charge in [0, 0.05) is 0 Å². The Morgan fingerprint density at radius 3 is 1.43 bits per heavy atom. The lowest BCUT2D eigenvalue weighted by Crippen LogP contribution is -3.00. The van der Waals surface area contributed by atoms with Crippen LogP contribution in [-0.4, -0.2) is 17.2 Å². The fourth-order valence-electron chi connectivity index (χ4n) is 3.90. The molecular weight excluding hydrogens is 455 g/mol. The van der Waals surface area contributed by atoms with Crippen LogP contribution >= 0.6 is 7.26 Å². The molecule has 0 spiro atoms. The number of unbranched alkanes of at least 4 members (excludes halogenated alkanes) is 1. The number of carboxylic acids is 1. The summed E-state index contributed by atoms with van der Waals surface area (Å²) in [5, 5.41) is 13.6. The maximum absolute atomic E-state index is 11.5. The molecule has 0 unspecified atom stereocenters. The maximum atomic E-state index is 11.5. The van der Waals surface area contributed by atoms with Crippen LogP contribution in [0.4, 0.5) is 0 Å². The molecule has 0 saturated carbocycles. The average molecular weight is 485 g/mol. The molecule has 3 aromatic carbocycles. The number of hydrogen-bond acceptors (Lipinski definition) is 1. The highest BCUT2D eigenvalue weighted by molar-refractivity contribution is 7.95. The Hall–Kier alpha value is -1.96. The lowest BCUT2D eigenvalue weighted by Gasteiger charge is -2.28. The molecular formula is C26H30BrO2P. The highest BCUT2D eigenvalue weighted by Crippen LogP contribution is 2.56. The van der Waals surface area contributed by atoms with E-state index in [1.807, 2.05) is 13.8 Å². The molecule has 0 aromatic heterocycles. The van der Waals surface area contributed by atoms with E-state index in [2.05, 4.69) is 91.0 Å². The Bertz CT molecular complexity index is 815. The third kappa shape index (κ3) is 5.39. The van der Waals surface area contributed by atoms with Crippen molar-refractivity contribution < 1.29 is 26.9 Å². The lowest BCUT2D eigenvalue weighted by atomic mass is 9.88. The van der Waals surface area contributed by atoms with Gasteiger partial charge in [-0.3, -0.25) is 4.79 Å². The largest absolute Gasteiger partial charge is 1.00 e. The molecule has 3 rings (SSSR count). The third-order valence-corrected chi connectivity index (χ3v) is 10.2. The van der Waals surface area contributed by atoms with Crippen molar-refractivity contribution >= 4 is 29.1 Å². The van der Waals surface area contributed by atoms with E-state index in [9.17, 15) is 9.90 Å². The van der Waals surface area contributed by atoms with Crippen molar-refractivity contribution in [2.24, 2.45) is 5.41 Å². The number of benzene rings is 3. The van der Waals surface area contributed by atoms with Gasteiger partial charge in [0.25, 0.3) is 0 Å². The molecule has 0 radical (unpaired) electrons. The first-order valence-electron chi connectivity index (χ1n) is 10.3. The minimum atomic E-state index is -1.81. The second kappa shape index (κ2) is 10.9. The van der Waals surface area contributed by atoms with Gasteiger partial charge < -0.3 is 22.1 Å². The monoisotopic (exact) mass is 484 g/mol. The maximum Gasteiger partial charge on any atom is 0.309 e. The van der Waals surface area contributed by atoms with Crippen molar-refractivity contribution in [1.29, 1.82) is 0 Å². The molecule has 0 aliphatic carbocycles. The van der Waals surface area contributed by atoms with Crippen molar-refractivity contribution in [3.8, 4) is 0 Å². The van der Waals surface area contributed by atoms with Crippen LogP contribution in [0.15, 0.2) is 91.0 Å². The standard InChI is InChI=1S/C26H29O2P.BrH/c1-26(2,25(27)28)20-12-13-21-29(22-14-6-3-7-15-22,23-16-8-4-9-17-23)24-18-10-5-11-19-24;/h3-11,14-19H,12-13,20-21H2,1-2H3;1H. The van der Waals surface area contributed by atoms with Crippen LogP contribution < -0.4 is 32.9 Å². The summed E-state index contributed by atoms with van der Waals surface area (Å²) in [5.41, 5.74) is -0.673. The molecule has 0 amide bonds. The smallest absolute Gasteiger partial charge is 0.309 e. The summed E-state index contributed by atoms with van der Waals surface area (Å²) in [6, 6.07) is 32.5. The summed E-state index contributed by atoms with van der Waals surface area (Å²) in [6.07, 6.45) is 3.65. The van der Waals surface area contributed by atoms with Crippen LogP contribution in [0.25, 0.3) is 0 Å². The van der Waals surface area contributed by atoms with Crippen molar-refractivity contribution in [1.82, 2.24) is 0 Å². The predicted octanol–water partition coefficient (Wildman–Crippen LogP) is 2.27. The average Bonchev–Trinajstić information content (AvgIpc) is 2.76. The first-order chi connectivity index (χ1) is 14.0. The van der Waals surface area contributed by atoms with Crippen molar-refractivity contribution in [2.45, 2.75) is 33.1 Å². The van der Waals surface area contributed by atoms with Gasteiger partial charge in [-0.05, 0) is 69.5 Å². The van der Waals surface area contributed by atoms with Crippen LogP contribution in [0.5, 0.6) is 0 Å². The van der Waals surface area contributed by atoms with Gasteiger partial charge in [-0.2, -0.15) is 0 Å². The molecule has 4 heteroatoms. The van der Waals surface area contributed by atoms with Gasteiger partial charge in [0.2, 0.25) is 0 Å². The Kier molecular flexibility index (Phi) is 8.82. The number of rotatable bonds is 9. The molecule has 0 heterocycles. The topological polar surface area (TPSA) is 37.3 Å². The van der Waals surface area contributed by atoms with Gasteiger partial charge in [0.1, 0.15) is 23.2 Å². The van der Waals surface area contributed by atoms with E-state index in [4.69, 9.17) is 0 Å². The molecule has 2 nitrogen and oxygen atoms in total. The van der Waals surface area contributed by atoms with E-state index in [-0.39, 0.29) is 17.0 Å². The van der Waals surface area contributed by atoms with Gasteiger partial charge in [0.15, 0.2) is 0 Å². The molecule has 0 aliphatic rings. The Labute approximate surface area is 191 Å². The number of aliphatic carboxylic acids is 1. The molecule has 1 N–H and O–H groups in total. The molecule has 3 aromatic rings. The Balaban J connectivity index is 0.00000320. The van der Waals surface area contributed by atoms with Gasteiger partial charge in [-0.25, -0.2) is 0 Å². The van der Waals surface area contributed by atoms with E-state index < -0.39 is 18.6 Å². The van der Waals surface area contributed by atoms with Gasteiger partial charge in [-0.1, -0.05) is 54.6 Å². The summed E-state index contributed by atoms with van der Waals surface area (Å²) in [4.78, 5) is 11.5. The second-order valence-electron chi connectivity index (χ2n) is 8.19. The zero-order valence-corrected chi connectivity index (χ0v) is 20.1. The van der Waals surface area contributed by atoms with E-state index in [1.165, 1.54) is 15.9 Å². The predicted molar refractivity (Wildman–Crippen MR) is 125 cm³/mol. The number of halogens is 1. The van der Waals surface area contributed by atoms with Crippen molar-refractivity contribution in [3.05, 3.63) is 91.0 Å². The zero-order chi connectivity index (χ0) is 20.7. The fraction of sp³-hybridized carbons (Fsp3) is 0.269. The molecule has 0 aliphatic heterocycles. The number of carboxylic acid groups (broad SMARTS) is 1. The molecule has 30 heavy (non-hydrogen) atoms. The van der Waals surface area contributed by atoms with Crippen LogP contribution in [-0.2, 0) is 4.79 Å². The van der Waals surface area contributed by atoms with Crippen LogP contribution in [0.2, 0.25) is 0 Å². The van der Waals surface area contributed by atoms with Gasteiger partial charge in [-0.15, -0.1) is 0 Å². The quantitative estimate of drug-likeness (QED) is 0.373. The Morgan fingerprint density at radius 1 is 0.733 bits per heavy atom. The van der Waals surface area contributed by atoms with Gasteiger partial charge in [0.05, 0.1) is 11.6 Å². The third-order valence-electron chi connectivity index (χ3n) is 5.72. The number of carbonyl (C=O) groups is 1. The molecule has 0 saturated heterocycles. The van der Waals surface area contributed by atoms with E-state index in [1.54, 1.807) is 0 Å². The molecule has 158 valence electrons. The summed E-state index contributed by atoms with van der Waals surface area (Å²) in [6.45, 7) is 3.65. The summed E-state index contributed by atoms with van der Waals surface area (Å²) in [5.74, 6) is -0.715.